The third-order valence-electron chi connectivity index (χ3n) is 3.00. The molecule has 0 radical (unpaired) electrons. The van der Waals surface area contributed by atoms with Crippen molar-refractivity contribution in [3.8, 4) is 0 Å². The smallest absolute Gasteiger partial charge is 0.321 e. The number of halogens is 1. The molecule has 0 saturated carbocycles. The molecule has 1 atom stereocenters. The molecule has 0 saturated heterocycles. The van der Waals surface area contributed by atoms with Crippen molar-refractivity contribution < 1.29 is 9.59 Å². The highest BCUT2D eigenvalue weighted by atomic mass is 35.5. The Balaban J connectivity index is 2.38. The van der Waals surface area contributed by atoms with E-state index in [2.05, 4.69) is 10.6 Å². The minimum Gasteiger partial charge on any atom is -0.335 e. The average Bonchev–Trinajstić information content (AvgIpc) is 2.37. The monoisotopic (exact) mass is 311 g/mol. The lowest BCUT2D eigenvalue weighted by molar-refractivity contribution is -0.120. The summed E-state index contributed by atoms with van der Waals surface area (Å²) in [6.07, 6.45) is 0.816. The Labute approximate surface area is 130 Å². The number of benzene rings is 1. The molecule has 5 nitrogen and oxygen atoms in total. The molecule has 2 N–H and O–H groups in total. The van der Waals surface area contributed by atoms with Crippen LogP contribution in [0.15, 0.2) is 24.3 Å². The number of likely N-dealkylation sites (N-methyl/N-ethyl adjacent to an activating group) is 1. The van der Waals surface area contributed by atoms with Crippen LogP contribution in [-0.4, -0.2) is 36.5 Å². The largest absolute Gasteiger partial charge is 0.335 e. The van der Waals surface area contributed by atoms with E-state index in [0.29, 0.717) is 11.6 Å². The summed E-state index contributed by atoms with van der Waals surface area (Å²) in [7, 11) is 1.81. The molecule has 1 aromatic carbocycles. The van der Waals surface area contributed by atoms with Crippen molar-refractivity contribution in [2.45, 2.75) is 32.9 Å². The number of nitrogens with zero attached hydrogens (tertiary/aromatic N) is 1. The Bertz CT molecular complexity index is 494. The van der Waals surface area contributed by atoms with Gasteiger partial charge in [0, 0.05) is 17.6 Å². The molecule has 0 aliphatic heterocycles. The molecule has 0 aliphatic rings. The van der Waals surface area contributed by atoms with Crippen LogP contribution in [0.2, 0.25) is 5.02 Å². The van der Waals surface area contributed by atoms with Gasteiger partial charge in [-0.2, -0.15) is 0 Å². The molecule has 0 aliphatic carbocycles. The zero-order valence-corrected chi connectivity index (χ0v) is 13.4. The van der Waals surface area contributed by atoms with E-state index in [1.54, 1.807) is 6.07 Å². The van der Waals surface area contributed by atoms with Crippen molar-refractivity contribution in [3.05, 3.63) is 34.9 Å². The Morgan fingerprint density at radius 3 is 2.71 bits per heavy atom. The molecule has 6 heteroatoms. The third-order valence-corrected chi connectivity index (χ3v) is 3.23. The SMILES string of the molecule is CC[C@H](C)NC(=O)NC(=O)CN(C)Cc1cccc(Cl)c1. The molecule has 0 bridgehead atoms. The van der Waals surface area contributed by atoms with Gasteiger partial charge in [0.25, 0.3) is 0 Å². The molecule has 21 heavy (non-hydrogen) atoms. The van der Waals surface area contributed by atoms with Gasteiger partial charge in [0.1, 0.15) is 0 Å². The first-order valence-corrected chi connectivity index (χ1v) is 7.31. The van der Waals surface area contributed by atoms with Gasteiger partial charge in [0.2, 0.25) is 5.91 Å². The second-order valence-corrected chi connectivity index (χ2v) is 5.57. The second kappa shape index (κ2) is 8.64. The standard InChI is InChI=1S/C15H22ClN3O2/c1-4-11(2)17-15(21)18-14(20)10-19(3)9-12-6-5-7-13(16)8-12/h5-8,11H,4,9-10H2,1-3H3,(H2,17,18,20,21)/t11-/m0/s1. The number of carbonyl (C=O) groups is 2. The lowest BCUT2D eigenvalue weighted by Gasteiger charge is -2.17. The van der Waals surface area contributed by atoms with Crippen LogP contribution in [0.3, 0.4) is 0 Å². The predicted molar refractivity (Wildman–Crippen MR) is 84.2 cm³/mol. The minimum absolute atomic E-state index is 0.0435. The fourth-order valence-electron chi connectivity index (χ4n) is 1.78. The summed E-state index contributed by atoms with van der Waals surface area (Å²) < 4.78 is 0. The molecule has 3 amide bonds. The van der Waals surface area contributed by atoms with E-state index in [4.69, 9.17) is 11.6 Å². The van der Waals surface area contributed by atoms with E-state index in [0.717, 1.165) is 12.0 Å². The van der Waals surface area contributed by atoms with Crippen molar-refractivity contribution in [2.24, 2.45) is 0 Å². The first-order chi connectivity index (χ1) is 9.90. The Hall–Kier alpha value is -1.59. The summed E-state index contributed by atoms with van der Waals surface area (Å²) in [4.78, 5) is 25.1. The Morgan fingerprint density at radius 2 is 2.10 bits per heavy atom. The van der Waals surface area contributed by atoms with Crippen LogP contribution in [0.4, 0.5) is 4.79 Å². The molecule has 1 rings (SSSR count). The number of hydrogen-bond donors (Lipinski definition) is 2. The highest BCUT2D eigenvalue weighted by molar-refractivity contribution is 6.30. The number of amides is 3. The lowest BCUT2D eigenvalue weighted by Crippen LogP contribution is -2.46. The van der Waals surface area contributed by atoms with E-state index < -0.39 is 6.03 Å². The minimum atomic E-state index is -0.453. The van der Waals surface area contributed by atoms with Crippen LogP contribution in [0.5, 0.6) is 0 Å². The van der Waals surface area contributed by atoms with Gasteiger partial charge in [-0.15, -0.1) is 0 Å². The Morgan fingerprint density at radius 1 is 1.38 bits per heavy atom. The highest BCUT2D eigenvalue weighted by Crippen LogP contribution is 2.11. The molecule has 0 fully saturated rings. The maximum absolute atomic E-state index is 11.8. The van der Waals surface area contributed by atoms with Crippen LogP contribution in [0.25, 0.3) is 0 Å². The first-order valence-electron chi connectivity index (χ1n) is 6.94. The van der Waals surface area contributed by atoms with Crippen molar-refractivity contribution in [1.29, 1.82) is 0 Å². The molecule has 0 unspecified atom stereocenters. The number of imide groups is 1. The molecular weight excluding hydrogens is 290 g/mol. The Kier molecular flexibility index (Phi) is 7.19. The molecule has 0 spiro atoms. The van der Waals surface area contributed by atoms with Crippen molar-refractivity contribution in [3.63, 3.8) is 0 Å². The number of hydrogen-bond acceptors (Lipinski definition) is 3. The van der Waals surface area contributed by atoms with Gasteiger partial charge in [-0.25, -0.2) is 4.79 Å². The highest BCUT2D eigenvalue weighted by Gasteiger charge is 2.12. The average molecular weight is 312 g/mol. The van der Waals surface area contributed by atoms with Crippen LogP contribution in [-0.2, 0) is 11.3 Å². The van der Waals surface area contributed by atoms with Gasteiger partial charge >= 0.3 is 6.03 Å². The lowest BCUT2D eigenvalue weighted by atomic mass is 10.2. The van der Waals surface area contributed by atoms with E-state index >= 15 is 0 Å². The van der Waals surface area contributed by atoms with E-state index in [-0.39, 0.29) is 18.5 Å². The summed E-state index contributed by atoms with van der Waals surface area (Å²) in [6.45, 7) is 4.57. The van der Waals surface area contributed by atoms with Crippen LogP contribution in [0.1, 0.15) is 25.8 Å². The number of rotatable bonds is 6. The molecule has 0 aromatic heterocycles. The van der Waals surface area contributed by atoms with Crippen LogP contribution in [0, 0.1) is 0 Å². The normalized spacial score (nSPS) is 12.0. The predicted octanol–water partition coefficient (Wildman–Crippen LogP) is 2.40. The number of urea groups is 1. The van der Waals surface area contributed by atoms with Crippen LogP contribution < -0.4 is 10.6 Å². The van der Waals surface area contributed by atoms with Gasteiger partial charge in [-0.3, -0.25) is 15.0 Å². The van der Waals surface area contributed by atoms with Gasteiger partial charge in [0.15, 0.2) is 0 Å². The summed E-state index contributed by atoms with van der Waals surface area (Å²) in [5, 5.41) is 5.67. The fraction of sp³-hybridized carbons (Fsp3) is 0.467. The third kappa shape index (κ3) is 7.11. The quantitative estimate of drug-likeness (QED) is 0.848. The summed E-state index contributed by atoms with van der Waals surface area (Å²) in [5.74, 6) is -0.333. The summed E-state index contributed by atoms with van der Waals surface area (Å²) in [6, 6.07) is 7.05. The zero-order valence-electron chi connectivity index (χ0n) is 12.6. The van der Waals surface area contributed by atoms with E-state index in [1.807, 2.05) is 44.0 Å². The summed E-state index contributed by atoms with van der Waals surface area (Å²) in [5.41, 5.74) is 1.02. The molecule has 116 valence electrons. The van der Waals surface area contributed by atoms with Gasteiger partial charge in [-0.1, -0.05) is 30.7 Å². The first kappa shape index (κ1) is 17.5. The maximum Gasteiger partial charge on any atom is 0.321 e. The maximum atomic E-state index is 11.8. The van der Waals surface area contributed by atoms with E-state index in [9.17, 15) is 9.59 Å². The van der Waals surface area contributed by atoms with Crippen molar-refractivity contribution in [1.82, 2.24) is 15.5 Å². The van der Waals surface area contributed by atoms with Crippen LogP contribution >= 0.6 is 11.6 Å². The molecule has 1 aromatic rings. The number of nitrogens with one attached hydrogen (secondary N) is 2. The van der Waals surface area contributed by atoms with Crippen molar-refractivity contribution in [2.75, 3.05) is 13.6 Å². The summed E-state index contributed by atoms with van der Waals surface area (Å²) >= 11 is 5.91. The molecule has 0 heterocycles. The van der Waals surface area contributed by atoms with Crippen molar-refractivity contribution >= 4 is 23.5 Å². The van der Waals surface area contributed by atoms with Gasteiger partial charge in [-0.05, 0) is 38.1 Å². The topological polar surface area (TPSA) is 61.4 Å². The van der Waals surface area contributed by atoms with E-state index in [1.165, 1.54) is 0 Å². The van der Waals surface area contributed by atoms with Gasteiger partial charge in [0.05, 0.1) is 6.54 Å². The number of carbonyl (C=O) groups excluding carboxylic acids is 2. The van der Waals surface area contributed by atoms with Gasteiger partial charge < -0.3 is 5.32 Å². The molecular formula is C15H22ClN3O2. The fourth-order valence-corrected chi connectivity index (χ4v) is 1.99. The second-order valence-electron chi connectivity index (χ2n) is 5.13. The zero-order chi connectivity index (χ0) is 15.8.